The van der Waals surface area contributed by atoms with E-state index in [1.807, 2.05) is 24.3 Å². The lowest BCUT2D eigenvalue weighted by Crippen LogP contribution is -2.31. The van der Waals surface area contributed by atoms with E-state index in [1.54, 1.807) is 36.2 Å². The summed E-state index contributed by atoms with van der Waals surface area (Å²) in [6.07, 6.45) is 0. The minimum atomic E-state index is -0.117. The summed E-state index contributed by atoms with van der Waals surface area (Å²) in [6, 6.07) is 14.5. The van der Waals surface area contributed by atoms with Gasteiger partial charge in [0.25, 0.3) is 5.91 Å². The Morgan fingerprint density at radius 2 is 1.86 bits per heavy atom. The van der Waals surface area contributed by atoms with Gasteiger partial charge >= 0.3 is 0 Å². The molecule has 2 aromatic rings. The van der Waals surface area contributed by atoms with E-state index in [-0.39, 0.29) is 12.5 Å². The average molecular weight is 305 g/mol. The van der Waals surface area contributed by atoms with Crippen molar-refractivity contribution in [2.75, 3.05) is 19.4 Å². The minimum absolute atomic E-state index is 0.0434. The van der Waals surface area contributed by atoms with Crippen LogP contribution in [-0.2, 0) is 11.3 Å². The number of ether oxygens (including phenoxy) is 1. The predicted molar refractivity (Wildman–Crippen MR) is 84.3 cm³/mol. The quantitative estimate of drug-likeness (QED) is 0.864. The SMILES string of the molecule is CN(Cc1ccc(Cl)cc1)C(=O)COc1ccccc1N. The number of hydrogen-bond acceptors (Lipinski definition) is 3. The lowest BCUT2D eigenvalue weighted by atomic mass is 10.2. The van der Waals surface area contributed by atoms with Crippen LogP contribution in [0.2, 0.25) is 5.02 Å². The fraction of sp³-hybridized carbons (Fsp3) is 0.188. The smallest absolute Gasteiger partial charge is 0.260 e. The molecule has 0 aliphatic heterocycles. The van der Waals surface area contributed by atoms with Crippen LogP contribution in [0.5, 0.6) is 5.75 Å². The first-order valence-electron chi connectivity index (χ1n) is 6.52. The number of nitrogen functional groups attached to an aromatic ring is 1. The van der Waals surface area contributed by atoms with Crippen LogP contribution in [0.3, 0.4) is 0 Å². The van der Waals surface area contributed by atoms with E-state index in [4.69, 9.17) is 22.1 Å². The van der Waals surface area contributed by atoms with Crippen LogP contribution in [0.4, 0.5) is 5.69 Å². The summed E-state index contributed by atoms with van der Waals surface area (Å²) in [4.78, 5) is 13.6. The van der Waals surface area contributed by atoms with E-state index < -0.39 is 0 Å². The van der Waals surface area contributed by atoms with Crippen molar-refractivity contribution in [3.63, 3.8) is 0 Å². The Kier molecular flexibility index (Phi) is 5.06. The van der Waals surface area contributed by atoms with Gasteiger partial charge in [0.1, 0.15) is 5.75 Å². The van der Waals surface area contributed by atoms with Crippen molar-refractivity contribution in [1.82, 2.24) is 4.90 Å². The molecular formula is C16H17ClN2O2. The Balaban J connectivity index is 1.88. The third-order valence-electron chi connectivity index (χ3n) is 3.03. The van der Waals surface area contributed by atoms with Crippen molar-refractivity contribution in [2.45, 2.75) is 6.54 Å². The maximum Gasteiger partial charge on any atom is 0.260 e. The van der Waals surface area contributed by atoms with Gasteiger partial charge in [-0.05, 0) is 29.8 Å². The molecule has 1 amide bonds. The zero-order valence-corrected chi connectivity index (χ0v) is 12.5. The van der Waals surface area contributed by atoms with Gasteiger partial charge in [-0.2, -0.15) is 0 Å². The van der Waals surface area contributed by atoms with Gasteiger partial charge < -0.3 is 15.4 Å². The molecule has 0 spiro atoms. The summed E-state index contributed by atoms with van der Waals surface area (Å²) < 4.78 is 5.44. The molecule has 0 fully saturated rings. The van der Waals surface area contributed by atoms with Gasteiger partial charge in [0.2, 0.25) is 0 Å². The number of para-hydroxylation sites is 2. The van der Waals surface area contributed by atoms with Crippen molar-refractivity contribution in [3.8, 4) is 5.75 Å². The molecule has 0 heterocycles. The van der Waals surface area contributed by atoms with E-state index >= 15 is 0 Å². The van der Waals surface area contributed by atoms with Crippen LogP contribution in [-0.4, -0.2) is 24.5 Å². The highest BCUT2D eigenvalue weighted by Crippen LogP contribution is 2.19. The number of rotatable bonds is 5. The maximum atomic E-state index is 12.0. The van der Waals surface area contributed by atoms with Crippen LogP contribution in [0.1, 0.15) is 5.56 Å². The number of carbonyl (C=O) groups excluding carboxylic acids is 1. The molecule has 0 radical (unpaired) electrons. The first kappa shape index (κ1) is 15.2. The topological polar surface area (TPSA) is 55.6 Å². The molecule has 0 aliphatic rings. The maximum absolute atomic E-state index is 12.0. The van der Waals surface area contributed by atoms with E-state index in [0.29, 0.717) is 23.0 Å². The van der Waals surface area contributed by atoms with Crippen LogP contribution in [0.25, 0.3) is 0 Å². The van der Waals surface area contributed by atoms with Gasteiger partial charge in [-0.3, -0.25) is 4.79 Å². The number of carbonyl (C=O) groups is 1. The van der Waals surface area contributed by atoms with Crippen LogP contribution in [0, 0.1) is 0 Å². The summed E-state index contributed by atoms with van der Waals surface area (Å²) in [5.41, 5.74) is 7.29. The molecule has 0 bridgehead atoms. The number of anilines is 1. The first-order chi connectivity index (χ1) is 10.1. The molecule has 0 aliphatic carbocycles. The molecule has 0 aromatic heterocycles. The van der Waals surface area contributed by atoms with Gasteiger partial charge in [-0.1, -0.05) is 35.9 Å². The Bertz CT molecular complexity index is 614. The third-order valence-corrected chi connectivity index (χ3v) is 3.28. The summed E-state index contributed by atoms with van der Waals surface area (Å²) >= 11 is 5.83. The summed E-state index contributed by atoms with van der Waals surface area (Å²) in [7, 11) is 1.73. The average Bonchev–Trinajstić information content (AvgIpc) is 2.48. The van der Waals surface area contributed by atoms with E-state index in [1.165, 1.54) is 0 Å². The van der Waals surface area contributed by atoms with E-state index in [9.17, 15) is 4.79 Å². The fourth-order valence-electron chi connectivity index (χ4n) is 1.81. The molecule has 2 N–H and O–H groups in total. The largest absolute Gasteiger partial charge is 0.482 e. The Labute approximate surface area is 129 Å². The highest BCUT2D eigenvalue weighted by molar-refractivity contribution is 6.30. The van der Waals surface area contributed by atoms with Crippen molar-refractivity contribution >= 4 is 23.2 Å². The van der Waals surface area contributed by atoms with Gasteiger partial charge in [-0.25, -0.2) is 0 Å². The van der Waals surface area contributed by atoms with Crippen LogP contribution >= 0.6 is 11.6 Å². The minimum Gasteiger partial charge on any atom is -0.482 e. The summed E-state index contributed by atoms with van der Waals surface area (Å²) in [5, 5.41) is 0.676. The molecule has 0 atom stereocenters. The first-order valence-corrected chi connectivity index (χ1v) is 6.90. The Hall–Kier alpha value is -2.20. The monoisotopic (exact) mass is 304 g/mol. The van der Waals surface area contributed by atoms with Gasteiger partial charge in [0.15, 0.2) is 6.61 Å². The molecule has 2 aromatic carbocycles. The zero-order chi connectivity index (χ0) is 15.2. The highest BCUT2D eigenvalue weighted by Gasteiger charge is 2.11. The number of halogens is 1. The van der Waals surface area contributed by atoms with Crippen molar-refractivity contribution in [2.24, 2.45) is 0 Å². The lowest BCUT2D eigenvalue weighted by Gasteiger charge is -2.18. The number of likely N-dealkylation sites (N-methyl/N-ethyl adjacent to an activating group) is 1. The summed E-state index contributed by atoms with van der Waals surface area (Å²) in [5.74, 6) is 0.402. The van der Waals surface area contributed by atoms with Crippen LogP contribution in [0.15, 0.2) is 48.5 Å². The summed E-state index contributed by atoms with van der Waals surface area (Å²) in [6.45, 7) is 0.460. The van der Waals surface area contributed by atoms with Crippen LogP contribution < -0.4 is 10.5 Å². The second kappa shape index (κ2) is 6.99. The normalized spacial score (nSPS) is 10.2. The number of nitrogens with zero attached hydrogens (tertiary/aromatic N) is 1. The second-order valence-corrected chi connectivity index (χ2v) is 5.14. The van der Waals surface area contributed by atoms with E-state index in [2.05, 4.69) is 0 Å². The lowest BCUT2D eigenvalue weighted by molar-refractivity contribution is -0.132. The number of amides is 1. The molecule has 21 heavy (non-hydrogen) atoms. The van der Waals surface area contributed by atoms with Crippen molar-refractivity contribution < 1.29 is 9.53 Å². The number of hydrogen-bond donors (Lipinski definition) is 1. The Morgan fingerprint density at radius 1 is 1.19 bits per heavy atom. The second-order valence-electron chi connectivity index (χ2n) is 4.70. The Morgan fingerprint density at radius 3 is 2.52 bits per heavy atom. The highest BCUT2D eigenvalue weighted by atomic mass is 35.5. The van der Waals surface area contributed by atoms with Gasteiger partial charge in [0.05, 0.1) is 5.69 Å². The van der Waals surface area contributed by atoms with Crippen molar-refractivity contribution in [1.29, 1.82) is 0 Å². The van der Waals surface area contributed by atoms with Gasteiger partial charge in [0, 0.05) is 18.6 Å². The number of benzene rings is 2. The predicted octanol–water partition coefficient (Wildman–Crippen LogP) is 2.96. The van der Waals surface area contributed by atoms with Crippen molar-refractivity contribution in [3.05, 3.63) is 59.1 Å². The molecule has 5 heteroatoms. The molecular weight excluding hydrogens is 288 g/mol. The zero-order valence-electron chi connectivity index (χ0n) is 11.8. The fourth-order valence-corrected chi connectivity index (χ4v) is 1.94. The molecule has 4 nitrogen and oxygen atoms in total. The molecule has 0 saturated heterocycles. The molecule has 2 rings (SSSR count). The molecule has 0 saturated carbocycles. The molecule has 0 unspecified atom stereocenters. The van der Waals surface area contributed by atoms with E-state index in [0.717, 1.165) is 5.56 Å². The third kappa shape index (κ3) is 4.39. The van der Waals surface area contributed by atoms with Gasteiger partial charge in [-0.15, -0.1) is 0 Å². The number of nitrogens with two attached hydrogens (primary N) is 1. The standard InChI is InChI=1S/C16H17ClN2O2/c1-19(10-12-6-8-13(17)9-7-12)16(20)11-21-15-5-3-2-4-14(15)18/h2-9H,10-11,18H2,1H3. The molecule has 110 valence electrons.